The lowest BCUT2D eigenvalue weighted by Gasteiger charge is -2.34. The lowest BCUT2D eigenvalue weighted by Crippen LogP contribution is -2.48. The van der Waals surface area contributed by atoms with Gasteiger partial charge in [-0.25, -0.2) is 4.98 Å². The number of carbonyl (C=O) groups is 1. The third-order valence-corrected chi connectivity index (χ3v) is 5.98. The third-order valence-electron chi connectivity index (χ3n) is 4.96. The maximum Gasteiger partial charge on any atom is 0.227 e. The first kappa shape index (κ1) is 17.9. The van der Waals surface area contributed by atoms with Gasteiger partial charge in [0.25, 0.3) is 0 Å². The number of benzene rings is 2. The Morgan fingerprint density at radius 3 is 2.59 bits per heavy atom. The molecule has 6 heteroatoms. The van der Waals surface area contributed by atoms with Crippen molar-refractivity contribution in [3.05, 3.63) is 59.1 Å². The van der Waals surface area contributed by atoms with Crippen molar-refractivity contribution < 1.29 is 9.53 Å². The molecule has 0 radical (unpaired) electrons. The monoisotopic (exact) mass is 381 g/mol. The van der Waals surface area contributed by atoms with E-state index in [1.165, 1.54) is 4.70 Å². The van der Waals surface area contributed by atoms with Crippen molar-refractivity contribution in [2.45, 2.75) is 13.0 Å². The van der Waals surface area contributed by atoms with Crippen molar-refractivity contribution in [1.29, 1.82) is 0 Å². The number of para-hydroxylation sites is 2. The van der Waals surface area contributed by atoms with Gasteiger partial charge in [-0.15, -0.1) is 11.3 Å². The van der Waals surface area contributed by atoms with E-state index in [-0.39, 0.29) is 5.91 Å². The van der Waals surface area contributed by atoms with Gasteiger partial charge >= 0.3 is 0 Å². The number of amides is 1. The van der Waals surface area contributed by atoms with Gasteiger partial charge in [0, 0.05) is 31.7 Å². The van der Waals surface area contributed by atoms with Crippen LogP contribution in [0.3, 0.4) is 0 Å². The van der Waals surface area contributed by atoms with E-state index in [1.807, 2.05) is 35.2 Å². The molecule has 5 nitrogen and oxygen atoms in total. The van der Waals surface area contributed by atoms with Gasteiger partial charge in [-0.05, 0) is 18.2 Å². The number of carbonyl (C=O) groups excluding carboxylic acids is 1. The van der Waals surface area contributed by atoms with Crippen LogP contribution >= 0.6 is 11.3 Å². The summed E-state index contributed by atoms with van der Waals surface area (Å²) in [6.45, 7) is 4.15. The average Bonchev–Trinajstić information content (AvgIpc) is 3.11. The quantitative estimate of drug-likeness (QED) is 0.681. The molecule has 4 rings (SSSR count). The zero-order valence-corrected chi connectivity index (χ0v) is 16.2. The lowest BCUT2D eigenvalue weighted by atomic mass is 10.1. The van der Waals surface area contributed by atoms with Crippen LogP contribution in [0.25, 0.3) is 10.2 Å². The van der Waals surface area contributed by atoms with Crippen LogP contribution in [0.4, 0.5) is 0 Å². The standard InChI is InChI=1S/C21H23N3O2S/c1-26-18-8-4-2-6-16(18)14-21(25)24-12-10-23(11-13-24)15-20-22-17-7-3-5-9-19(17)27-20/h2-9H,10-15H2,1H3. The van der Waals surface area contributed by atoms with Crippen molar-refractivity contribution in [2.75, 3.05) is 33.3 Å². The van der Waals surface area contributed by atoms with E-state index >= 15 is 0 Å². The molecular formula is C21H23N3O2S. The number of rotatable bonds is 5. The minimum absolute atomic E-state index is 0.166. The van der Waals surface area contributed by atoms with Gasteiger partial charge in [-0.2, -0.15) is 0 Å². The number of fused-ring (bicyclic) bond motifs is 1. The molecule has 27 heavy (non-hydrogen) atoms. The van der Waals surface area contributed by atoms with Gasteiger partial charge in [0.2, 0.25) is 5.91 Å². The number of ether oxygens (including phenoxy) is 1. The third kappa shape index (κ3) is 4.12. The second-order valence-electron chi connectivity index (χ2n) is 6.72. The van der Waals surface area contributed by atoms with E-state index in [4.69, 9.17) is 9.72 Å². The van der Waals surface area contributed by atoms with E-state index in [1.54, 1.807) is 18.4 Å². The van der Waals surface area contributed by atoms with Crippen LogP contribution in [0.5, 0.6) is 5.75 Å². The molecule has 1 aliphatic heterocycles. The van der Waals surface area contributed by atoms with Crippen molar-refractivity contribution >= 4 is 27.5 Å². The lowest BCUT2D eigenvalue weighted by molar-refractivity contribution is -0.132. The van der Waals surface area contributed by atoms with Gasteiger partial charge in [-0.3, -0.25) is 9.69 Å². The molecule has 1 amide bonds. The Labute approximate surface area is 163 Å². The second-order valence-corrected chi connectivity index (χ2v) is 7.84. The Kier molecular flexibility index (Phi) is 5.36. The zero-order chi connectivity index (χ0) is 18.6. The number of hydrogen-bond acceptors (Lipinski definition) is 5. The van der Waals surface area contributed by atoms with Gasteiger partial charge in [0.1, 0.15) is 10.8 Å². The Bertz CT molecular complexity index is 899. The number of thiazole rings is 1. The van der Waals surface area contributed by atoms with Crippen LogP contribution in [0.15, 0.2) is 48.5 Å². The van der Waals surface area contributed by atoms with Gasteiger partial charge in [-0.1, -0.05) is 30.3 Å². The Morgan fingerprint density at radius 2 is 1.81 bits per heavy atom. The highest BCUT2D eigenvalue weighted by Crippen LogP contribution is 2.23. The summed E-state index contributed by atoms with van der Waals surface area (Å²) in [6, 6.07) is 16.0. The van der Waals surface area contributed by atoms with Gasteiger partial charge < -0.3 is 9.64 Å². The number of piperazine rings is 1. The van der Waals surface area contributed by atoms with Crippen molar-refractivity contribution in [3.8, 4) is 5.75 Å². The summed E-state index contributed by atoms with van der Waals surface area (Å²) in [4.78, 5) is 21.7. The summed E-state index contributed by atoms with van der Waals surface area (Å²) < 4.78 is 6.59. The molecule has 1 fully saturated rings. The topological polar surface area (TPSA) is 45.7 Å². The Balaban J connectivity index is 1.32. The molecule has 0 saturated carbocycles. The molecule has 1 aromatic heterocycles. The highest BCUT2D eigenvalue weighted by atomic mass is 32.1. The summed E-state index contributed by atoms with van der Waals surface area (Å²) in [5, 5.41) is 1.14. The van der Waals surface area contributed by atoms with E-state index in [2.05, 4.69) is 23.1 Å². The summed E-state index contributed by atoms with van der Waals surface area (Å²) in [6.07, 6.45) is 0.391. The van der Waals surface area contributed by atoms with E-state index in [0.717, 1.165) is 54.6 Å². The van der Waals surface area contributed by atoms with Crippen LogP contribution in [0, 0.1) is 0 Å². The van der Waals surface area contributed by atoms with Crippen molar-refractivity contribution in [3.63, 3.8) is 0 Å². The molecule has 0 atom stereocenters. The SMILES string of the molecule is COc1ccccc1CC(=O)N1CCN(Cc2nc3ccccc3s2)CC1. The summed E-state index contributed by atoms with van der Waals surface area (Å²) >= 11 is 1.76. The fourth-order valence-corrected chi connectivity index (χ4v) is 4.47. The Morgan fingerprint density at radius 1 is 1.07 bits per heavy atom. The normalized spacial score (nSPS) is 15.2. The Hall–Kier alpha value is -2.44. The number of hydrogen-bond donors (Lipinski definition) is 0. The summed E-state index contributed by atoms with van der Waals surface area (Å²) in [7, 11) is 1.64. The van der Waals surface area contributed by atoms with E-state index in [0.29, 0.717) is 6.42 Å². The molecule has 0 aliphatic carbocycles. The fourth-order valence-electron chi connectivity index (χ4n) is 3.46. The molecular weight excluding hydrogens is 358 g/mol. The number of methoxy groups -OCH3 is 1. The highest BCUT2D eigenvalue weighted by molar-refractivity contribution is 7.18. The van der Waals surface area contributed by atoms with Gasteiger partial charge in [0.05, 0.1) is 30.3 Å². The first-order valence-corrected chi connectivity index (χ1v) is 10.0. The molecule has 3 aromatic rings. The summed E-state index contributed by atoms with van der Waals surface area (Å²) in [5.41, 5.74) is 2.02. The van der Waals surface area contributed by atoms with Crippen LogP contribution in [0.1, 0.15) is 10.6 Å². The highest BCUT2D eigenvalue weighted by Gasteiger charge is 2.22. The number of aromatic nitrogens is 1. The molecule has 2 aromatic carbocycles. The largest absolute Gasteiger partial charge is 0.496 e. The molecule has 1 saturated heterocycles. The van der Waals surface area contributed by atoms with Crippen LogP contribution in [-0.4, -0.2) is 54.0 Å². The average molecular weight is 382 g/mol. The molecule has 0 bridgehead atoms. The molecule has 140 valence electrons. The van der Waals surface area contributed by atoms with Gasteiger partial charge in [0.15, 0.2) is 0 Å². The molecule has 0 spiro atoms. The fraction of sp³-hybridized carbons (Fsp3) is 0.333. The predicted octanol–water partition coefficient (Wildman–Crippen LogP) is 3.19. The van der Waals surface area contributed by atoms with Crippen LogP contribution < -0.4 is 4.74 Å². The van der Waals surface area contributed by atoms with E-state index in [9.17, 15) is 4.79 Å². The smallest absolute Gasteiger partial charge is 0.227 e. The maximum absolute atomic E-state index is 12.7. The van der Waals surface area contributed by atoms with Crippen LogP contribution in [-0.2, 0) is 17.8 Å². The van der Waals surface area contributed by atoms with E-state index < -0.39 is 0 Å². The molecule has 0 unspecified atom stereocenters. The molecule has 0 N–H and O–H groups in total. The maximum atomic E-state index is 12.7. The number of nitrogens with zero attached hydrogens (tertiary/aromatic N) is 3. The molecule has 1 aliphatic rings. The minimum Gasteiger partial charge on any atom is -0.496 e. The molecule has 2 heterocycles. The predicted molar refractivity (Wildman–Crippen MR) is 108 cm³/mol. The minimum atomic E-state index is 0.166. The summed E-state index contributed by atoms with van der Waals surface area (Å²) in [5.74, 6) is 0.944. The van der Waals surface area contributed by atoms with Crippen molar-refractivity contribution in [2.24, 2.45) is 0 Å². The first-order chi connectivity index (χ1) is 13.2. The van der Waals surface area contributed by atoms with Crippen LogP contribution in [0.2, 0.25) is 0 Å². The first-order valence-electron chi connectivity index (χ1n) is 9.19. The zero-order valence-electron chi connectivity index (χ0n) is 15.4. The second kappa shape index (κ2) is 8.06. The van der Waals surface area contributed by atoms with Crippen molar-refractivity contribution in [1.82, 2.24) is 14.8 Å².